The summed E-state index contributed by atoms with van der Waals surface area (Å²) in [4.78, 5) is -0.0375. The van der Waals surface area contributed by atoms with Crippen LogP contribution in [0.25, 0.3) is 0 Å². The fraction of sp³-hybridized carbons (Fsp3) is 0.0588. The average molecular weight is 409 g/mol. The van der Waals surface area contributed by atoms with Gasteiger partial charge in [0, 0.05) is 5.69 Å². The van der Waals surface area contributed by atoms with Crippen LogP contribution in [-0.2, 0) is 20.0 Å². The maximum absolute atomic E-state index is 12.5. The third-order valence-corrected chi connectivity index (χ3v) is 7.93. The minimum atomic E-state index is -3.84. The minimum Gasteiger partial charge on any atom is -0.280 e. The van der Waals surface area contributed by atoms with Gasteiger partial charge in [0.25, 0.3) is 20.0 Å². The molecule has 0 radical (unpaired) electrons. The number of anilines is 2. The topological polar surface area (TPSA) is 92.3 Å². The molecular formula is C17H16N2O4S3. The highest BCUT2D eigenvalue weighted by atomic mass is 32.2. The van der Waals surface area contributed by atoms with E-state index in [1.807, 2.05) is 0 Å². The molecule has 0 spiro atoms. The molecule has 0 aliphatic rings. The molecule has 0 unspecified atom stereocenters. The molecule has 6 nitrogen and oxygen atoms in total. The van der Waals surface area contributed by atoms with Gasteiger partial charge in [0.2, 0.25) is 0 Å². The van der Waals surface area contributed by atoms with Crippen LogP contribution >= 0.6 is 11.3 Å². The predicted molar refractivity (Wildman–Crippen MR) is 104 cm³/mol. The second kappa shape index (κ2) is 7.10. The first-order chi connectivity index (χ1) is 12.3. The van der Waals surface area contributed by atoms with Crippen LogP contribution in [0, 0.1) is 6.92 Å². The Morgan fingerprint density at radius 2 is 1.42 bits per heavy atom. The van der Waals surface area contributed by atoms with E-state index in [0.29, 0.717) is 11.3 Å². The summed E-state index contributed by atoms with van der Waals surface area (Å²) in [6, 6.07) is 15.8. The maximum Gasteiger partial charge on any atom is 0.271 e. The van der Waals surface area contributed by atoms with Gasteiger partial charge in [-0.3, -0.25) is 9.44 Å². The molecule has 0 saturated carbocycles. The second-order valence-corrected chi connectivity index (χ2v) is 9.97. The molecule has 0 aliphatic heterocycles. The van der Waals surface area contributed by atoms with Gasteiger partial charge in [0.05, 0.1) is 10.6 Å². The number of sulfonamides is 2. The lowest BCUT2D eigenvalue weighted by Gasteiger charge is -2.11. The van der Waals surface area contributed by atoms with Crippen molar-refractivity contribution in [2.75, 3.05) is 9.44 Å². The Hall–Kier alpha value is -2.36. The second-order valence-electron chi connectivity index (χ2n) is 5.50. The van der Waals surface area contributed by atoms with Crippen LogP contribution in [0.4, 0.5) is 11.4 Å². The monoisotopic (exact) mass is 408 g/mol. The van der Waals surface area contributed by atoms with E-state index in [0.717, 1.165) is 11.3 Å². The number of hydrogen-bond donors (Lipinski definition) is 2. The molecule has 3 aromatic rings. The largest absolute Gasteiger partial charge is 0.280 e. The lowest BCUT2D eigenvalue weighted by Crippen LogP contribution is -2.15. The lowest BCUT2D eigenvalue weighted by atomic mass is 10.3. The Labute approximate surface area is 156 Å². The van der Waals surface area contributed by atoms with Crippen molar-refractivity contribution >= 4 is 42.8 Å². The molecule has 0 atom stereocenters. The van der Waals surface area contributed by atoms with Crippen molar-refractivity contribution in [3.05, 3.63) is 71.6 Å². The number of para-hydroxylation sites is 1. The van der Waals surface area contributed by atoms with Crippen molar-refractivity contribution in [2.24, 2.45) is 0 Å². The SMILES string of the molecule is Cc1ccsc1S(=O)(=O)Nc1cccc(S(=O)(=O)Nc2ccccc2)c1. The fourth-order valence-corrected chi connectivity index (χ4v) is 5.86. The van der Waals surface area contributed by atoms with Crippen LogP contribution in [0.15, 0.2) is 75.1 Å². The van der Waals surface area contributed by atoms with Gasteiger partial charge in [-0.25, -0.2) is 16.8 Å². The highest BCUT2D eigenvalue weighted by Gasteiger charge is 2.20. The summed E-state index contributed by atoms with van der Waals surface area (Å²) in [6.45, 7) is 1.70. The van der Waals surface area contributed by atoms with Crippen LogP contribution in [0.5, 0.6) is 0 Å². The summed E-state index contributed by atoms with van der Waals surface area (Å²) in [7, 11) is -7.60. The van der Waals surface area contributed by atoms with Gasteiger partial charge in [-0.05, 0) is 54.3 Å². The number of benzene rings is 2. The summed E-state index contributed by atoms with van der Waals surface area (Å²) in [6.07, 6.45) is 0. The van der Waals surface area contributed by atoms with Gasteiger partial charge in [-0.15, -0.1) is 11.3 Å². The van der Waals surface area contributed by atoms with Crippen LogP contribution < -0.4 is 9.44 Å². The molecule has 0 amide bonds. The number of hydrogen-bond acceptors (Lipinski definition) is 5. The Morgan fingerprint density at radius 3 is 2.08 bits per heavy atom. The van der Waals surface area contributed by atoms with Gasteiger partial charge >= 0.3 is 0 Å². The maximum atomic E-state index is 12.5. The Morgan fingerprint density at radius 1 is 0.769 bits per heavy atom. The third-order valence-electron chi connectivity index (χ3n) is 3.48. The zero-order valence-electron chi connectivity index (χ0n) is 13.7. The summed E-state index contributed by atoms with van der Waals surface area (Å²) < 4.78 is 55.1. The summed E-state index contributed by atoms with van der Waals surface area (Å²) in [5, 5.41) is 1.69. The Balaban J connectivity index is 1.88. The van der Waals surface area contributed by atoms with Crippen molar-refractivity contribution in [3.63, 3.8) is 0 Å². The Bertz CT molecular complexity index is 1120. The highest BCUT2D eigenvalue weighted by Crippen LogP contribution is 2.26. The van der Waals surface area contributed by atoms with Gasteiger partial charge in [-0.2, -0.15) is 0 Å². The smallest absolute Gasteiger partial charge is 0.271 e. The fourth-order valence-electron chi connectivity index (χ4n) is 2.28. The molecule has 26 heavy (non-hydrogen) atoms. The molecule has 3 rings (SSSR count). The Kier molecular flexibility index (Phi) is 5.03. The van der Waals surface area contributed by atoms with E-state index in [1.54, 1.807) is 48.7 Å². The van der Waals surface area contributed by atoms with Crippen LogP contribution in [0.1, 0.15) is 5.56 Å². The summed E-state index contributed by atoms with van der Waals surface area (Å²) >= 11 is 1.11. The highest BCUT2D eigenvalue weighted by molar-refractivity contribution is 7.94. The molecule has 1 heterocycles. The van der Waals surface area contributed by atoms with E-state index >= 15 is 0 Å². The van der Waals surface area contributed by atoms with E-state index in [9.17, 15) is 16.8 Å². The quantitative estimate of drug-likeness (QED) is 0.651. The van der Waals surface area contributed by atoms with Gasteiger partial charge in [0.15, 0.2) is 0 Å². The predicted octanol–water partition coefficient (Wildman–Crippen LogP) is 3.66. The number of rotatable bonds is 6. The molecular weight excluding hydrogens is 392 g/mol. The van der Waals surface area contributed by atoms with Crippen molar-refractivity contribution < 1.29 is 16.8 Å². The molecule has 1 aromatic heterocycles. The van der Waals surface area contributed by atoms with Crippen molar-refractivity contribution in [2.45, 2.75) is 16.0 Å². The molecule has 2 N–H and O–H groups in total. The zero-order chi connectivity index (χ0) is 18.8. The third kappa shape index (κ3) is 4.06. The minimum absolute atomic E-state index is 0.0375. The first-order valence-electron chi connectivity index (χ1n) is 7.53. The standard InChI is InChI=1S/C17H16N2O4S3/c1-13-10-11-24-17(13)26(22,23)19-15-8-5-9-16(12-15)25(20,21)18-14-6-3-2-4-7-14/h2-12,18-19H,1H3. The zero-order valence-corrected chi connectivity index (χ0v) is 16.2. The van der Waals surface area contributed by atoms with Crippen LogP contribution in [0.2, 0.25) is 0 Å². The van der Waals surface area contributed by atoms with Crippen molar-refractivity contribution in [1.29, 1.82) is 0 Å². The van der Waals surface area contributed by atoms with Crippen molar-refractivity contribution in [3.8, 4) is 0 Å². The number of thiophene rings is 1. The molecule has 0 fully saturated rings. The summed E-state index contributed by atoms with van der Waals surface area (Å²) in [5.74, 6) is 0. The van der Waals surface area contributed by atoms with Crippen LogP contribution in [0.3, 0.4) is 0 Å². The van der Waals surface area contributed by atoms with Gasteiger partial charge < -0.3 is 0 Å². The van der Waals surface area contributed by atoms with E-state index in [4.69, 9.17) is 0 Å². The van der Waals surface area contributed by atoms with Crippen molar-refractivity contribution in [1.82, 2.24) is 0 Å². The van der Waals surface area contributed by atoms with Crippen LogP contribution in [-0.4, -0.2) is 16.8 Å². The van der Waals surface area contributed by atoms with Gasteiger partial charge in [-0.1, -0.05) is 24.3 Å². The molecule has 0 aliphatic carbocycles. The molecule has 9 heteroatoms. The number of aryl methyl sites for hydroxylation is 1. The number of nitrogens with one attached hydrogen (secondary N) is 2. The molecule has 136 valence electrons. The first kappa shape index (κ1) is 18.4. The lowest BCUT2D eigenvalue weighted by molar-refractivity contribution is 0.599. The van der Waals surface area contributed by atoms with Gasteiger partial charge in [0.1, 0.15) is 4.21 Å². The molecule has 2 aromatic carbocycles. The first-order valence-corrected chi connectivity index (χ1v) is 11.4. The molecule has 0 bridgehead atoms. The summed E-state index contributed by atoms with van der Waals surface area (Å²) in [5.41, 5.74) is 1.23. The normalized spacial score (nSPS) is 11.9. The van der Waals surface area contributed by atoms with E-state index < -0.39 is 20.0 Å². The average Bonchev–Trinajstić information content (AvgIpc) is 3.02. The van der Waals surface area contributed by atoms with E-state index in [1.165, 1.54) is 24.3 Å². The van der Waals surface area contributed by atoms with E-state index in [-0.39, 0.29) is 14.8 Å². The molecule has 0 saturated heterocycles. The van der Waals surface area contributed by atoms with E-state index in [2.05, 4.69) is 9.44 Å².